The van der Waals surface area contributed by atoms with Crippen LogP contribution >= 0.6 is 12.2 Å². The molecule has 5 heteroatoms. The third-order valence-corrected chi connectivity index (χ3v) is 2.98. The maximum atomic E-state index is 12.8. The first kappa shape index (κ1) is 15.3. The lowest BCUT2D eigenvalue weighted by atomic mass is 10.3. The summed E-state index contributed by atoms with van der Waals surface area (Å²) in [7, 11) is 0. The van der Waals surface area contributed by atoms with Gasteiger partial charge in [-0.3, -0.25) is 9.80 Å². The SMILES string of the molecule is C=CC(=S)N1CCN(c2ccc(F)cc2)C1=O.CC. The molecule has 2 amide bonds. The quantitative estimate of drug-likeness (QED) is 0.610. The number of carbonyl (C=O) groups excluding carboxylic acids is 1. The number of rotatable bonds is 2. The van der Waals surface area contributed by atoms with Crippen LogP contribution in [0.4, 0.5) is 14.9 Å². The molecule has 0 aromatic heterocycles. The minimum atomic E-state index is -0.320. The predicted octanol–water partition coefficient (Wildman–Crippen LogP) is 3.61. The number of benzene rings is 1. The molecule has 0 unspecified atom stereocenters. The van der Waals surface area contributed by atoms with Crippen LogP contribution in [0.2, 0.25) is 0 Å². The van der Waals surface area contributed by atoms with Crippen molar-refractivity contribution in [3.63, 3.8) is 0 Å². The Labute approximate surface area is 118 Å². The van der Waals surface area contributed by atoms with Crippen molar-refractivity contribution in [2.45, 2.75) is 13.8 Å². The summed E-state index contributed by atoms with van der Waals surface area (Å²) in [6, 6.07) is 5.62. The second-order valence-electron chi connectivity index (χ2n) is 3.60. The van der Waals surface area contributed by atoms with Crippen molar-refractivity contribution >= 4 is 28.9 Å². The second kappa shape index (κ2) is 6.99. The third kappa shape index (κ3) is 3.38. The van der Waals surface area contributed by atoms with Gasteiger partial charge in [-0.15, -0.1) is 0 Å². The Morgan fingerprint density at radius 3 is 2.42 bits per heavy atom. The van der Waals surface area contributed by atoms with Crippen LogP contribution in [0, 0.1) is 5.82 Å². The first-order valence-electron chi connectivity index (χ1n) is 6.14. The maximum Gasteiger partial charge on any atom is 0.329 e. The molecule has 102 valence electrons. The molecule has 2 rings (SSSR count). The van der Waals surface area contributed by atoms with Crippen molar-refractivity contribution in [1.29, 1.82) is 0 Å². The average molecular weight is 280 g/mol. The Morgan fingerprint density at radius 2 is 1.89 bits per heavy atom. The standard InChI is InChI=1S/C12H11FN2OS.C2H6/c1-2-11(17)15-8-7-14(12(15)16)10-5-3-9(13)4-6-10;1-2/h2-6H,1,7-8H2;1-2H3. The zero-order valence-electron chi connectivity index (χ0n) is 11.1. The largest absolute Gasteiger partial charge is 0.329 e. The van der Waals surface area contributed by atoms with E-state index in [0.29, 0.717) is 23.8 Å². The molecular weight excluding hydrogens is 263 g/mol. The van der Waals surface area contributed by atoms with Crippen molar-refractivity contribution in [3.8, 4) is 0 Å². The highest BCUT2D eigenvalue weighted by Crippen LogP contribution is 2.21. The maximum absolute atomic E-state index is 12.8. The molecule has 1 aromatic carbocycles. The van der Waals surface area contributed by atoms with Gasteiger partial charge in [0.25, 0.3) is 0 Å². The third-order valence-electron chi connectivity index (χ3n) is 2.59. The smallest absolute Gasteiger partial charge is 0.292 e. The molecule has 1 aliphatic heterocycles. The Balaban J connectivity index is 0.000000861. The summed E-state index contributed by atoms with van der Waals surface area (Å²) in [5, 5.41) is 0. The topological polar surface area (TPSA) is 23.6 Å². The summed E-state index contributed by atoms with van der Waals surface area (Å²) in [5.74, 6) is -0.320. The molecule has 0 radical (unpaired) electrons. The van der Waals surface area contributed by atoms with Gasteiger partial charge in [0, 0.05) is 18.8 Å². The molecule has 1 aliphatic rings. The van der Waals surface area contributed by atoms with Gasteiger partial charge >= 0.3 is 6.03 Å². The van der Waals surface area contributed by atoms with Crippen molar-refractivity contribution in [2.24, 2.45) is 0 Å². The lowest BCUT2D eigenvalue weighted by Gasteiger charge is -2.17. The number of urea groups is 1. The van der Waals surface area contributed by atoms with Crippen LogP contribution in [0.25, 0.3) is 0 Å². The monoisotopic (exact) mass is 280 g/mol. The first-order valence-corrected chi connectivity index (χ1v) is 6.55. The lowest BCUT2D eigenvalue weighted by molar-refractivity contribution is 0.238. The highest BCUT2D eigenvalue weighted by atomic mass is 32.1. The minimum Gasteiger partial charge on any atom is -0.292 e. The van der Waals surface area contributed by atoms with E-state index in [4.69, 9.17) is 12.2 Å². The summed E-state index contributed by atoms with van der Waals surface area (Å²) in [6.07, 6.45) is 1.47. The van der Waals surface area contributed by atoms with E-state index in [-0.39, 0.29) is 11.8 Å². The molecular formula is C14H17FN2OS. The highest BCUT2D eigenvalue weighted by Gasteiger charge is 2.30. The van der Waals surface area contributed by atoms with Crippen molar-refractivity contribution in [1.82, 2.24) is 4.90 Å². The number of thiocarbonyl (C=S) groups is 1. The fourth-order valence-corrected chi connectivity index (χ4v) is 1.88. The summed E-state index contributed by atoms with van der Waals surface area (Å²) >= 11 is 5.02. The van der Waals surface area contributed by atoms with Gasteiger partial charge in [0.2, 0.25) is 0 Å². The Hall–Kier alpha value is -1.75. The molecule has 19 heavy (non-hydrogen) atoms. The van der Waals surface area contributed by atoms with Crippen molar-refractivity contribution in [3.05, 3.63) is 42.7 Å². The molecule has 1 fully saturated rings. The van der Waals surface area contributed by atoms with Crippen molar-refractivity contribution < 1.29 is 9.18 Å². The average Bonchev–Trinajstić information content (AvgIpc) is 2.83. The van der Waals surface area contributed by atoms with Gasteiger partial charge in [-0.2, -0.15) is 0 Å². The summed E-state index contributed by atoms with van der Waals surface area (Å²) < 4.78 is 12.8. The van der Waals surface area contributed by atoms with E-state index in [1.807, 2.05) is 13.8 Å². The normalized spacial score (nSPS) is 13.9. The molecule has 0 aliphatic carbocycles. The van der Waals surface area contributed by atoms with E-state index >= 15 is 0 Å². The number of anilines is 1. The van der Waals surface area contributed by atoms with E-state index in [2.05, 4.69) is 6.58 Å². The molecule has 1 saturated heterocycles. The van der Waals surface area contributed by atoms with E-state index in [1.54, 1.807) is 17.0 Å². The number of carbonyl (C=O) groups is 1. The Kier molecular flexibility index (Phi) is 5.63. The molecule has 0 N–H and O–H groups in total. The van der Waals surface area contributed by atoms with Gasteiger partial charge in [0.05, 0.1) is 0 Å². The fourth-order valence-electron chi connectivity index (χ4n) is 1.71. The van der Waals surface area contributed by atoms with Crippen LogP contribution in [0.15, 0.2) is 36.9 Å². The molecule has 1 aromatic rings. The molecule has 0 spiro atoms. The molecule has 1 heterocycles. The highest BCUT2D eigenvalue weighted by molar-refractivity contribution is 7.80. The van der Waals surface area contributed by atoms with Crippen LogP contribution in [0.1, 0.15) is 13.8 Å². The van der Waals surface area contributed by atoms with E-state index in [1.165, 1.54) is 23.1 Å². The number of amides is 2. The van der Waals surface area contributed by atoms with E-state index < -0.39 is 0 Å². The fraction of sp³-hybridized carbons (Fsp3) is 0.286. The van der Waals surface area contributed by atoms with Crippen LogP contribution < -0.4 is 4.90 Å². The van der Waals surface area contributed by atoms with Gasteiger partial charge < -0.3 is 0 Å². The second-order valence-corrected chi connectivity index (χ2v) is 4.02. The lowest BCUT2D eigenvalue weighted by Crippen LogP contribution is -2.34. The van der Waals surface area contributed by atoms with Gasteiger partial charge in [-0.05, 0) is 30.3 Å². The summed E-state index contributed by atoms with van der Waals surface area (Å²) in [4.78, 5) is 15.5. The molecule has 3 nitrogen and oxygen atoms in total. The molecule has 0 bridgehead atoms. The zero-order valence-corrected chi connectivity index (χ0v) is 11.9. The predicted molar refractivity (Wildman–Crippen MR) is 80.0 cm³/mol. The zero-order chi connectivity index (χ0) is 14.4. The van der Waals surface area contributed by atoms with Gasteiger partial charge in [0.15, 0.2) is 0 Å². The molecule has 0 atom stereocenters. The van der Waals surface area contributed by atoms with Gasteiger partial charge in [-0.1, -0.05) is 32.6 Å². The van der Waals surface area contributed by atoms with Crippen LogP contribution in [-0.4, -0.2) is 29.0 Å². The number of hydrogen-bond donors (Lipinski definition) is 0. The van der Waals surface area contributed by atoms with E-state index in [0.717, 1.165) is 0 Å². The minimum absolute atomic E-state index is 0.193. The van der Waals surface area contributed by atoms with Crippen LogP contribution in [0.5, 0.6) is 0 Å². The summed E-state index contributed by atoms with van der Waals surface area (Å²) in [5.41, 5.74) is 0.672. The Bertz CT molecular complexity index is 473. The summed E-state index contributed by atoms with van der Waals surface area (Å²) in [6.45, 7) is 8.61. The van der Waals surface area contributed by atoms with Gasteiger partial charge in [-0.25, -0.2) is 9.18 Å². The Morgan fingerprint density at radius 1 is 1.32 bits per heavy atom. The van der Waals surface area contributed by atoms with Gasteiger partial charge in [0.1, 0.15) is 10.8 Å². The number of nitrogens with zero attached hydrogens (tertiary/aromatic N) is 2. The van der Waals surface area contributed by atoms with Crippen LogP contribution in [-0.2, 0) is 0 Å². The van der Waals surface area contributed by atoms with E-state index in [9.17, 15) is 9.18 Å². The van der Waals surface area contributed by atoms with Crippen LogP contribution in [0.3, 0.4) is 0 Å². The first-order chi connectivity index (χ1) is 9.13. The number of halogens is 1. The van der Waals surface area contributed by atoms with Crippen molar-refractivity contribution in [2.75, 3.05) is 18.0 Å². The molecule has 0 saturated carbocycles. The number of hydrogen-bond acceptors (Lipinski definition) is 2.